The number of hydrogen-bond donors (Lipinski definition) is 1. The Morgan fingerprint density at radius 3 is 2.59 bits per heavy atom. The number of nitrogens with zero attached hydrogens (tertiary/aromatic N) is 2. The van der Waals surface area contributed by atoms with E-state index in [0.29, 0.717) is 19.4 Å². The number of benzene rings is 1. The van der Waals surface area contributed by atoms with Crippen molar-refractivity contribution < 1.29 is 9.59 Å². The fourth-order valence-corrected chi connectivity index (χ4v) is 3.24. The van der Waals surface area contributed by atoms with E-state index in [1.807, 2.05) is 34.1 Å². The Kier molecular flexibility index (Phi) is 4.43. The molecule has 2 aliphatic heterocycles. The van der Waals surface area contributed by atoms with Crippen molar-refractivity contribution in [3.05, 3.63) is 29.8 Å². The molecule has 22 heavy (non-hydrogen) atoms. The van der Waals surface area contributed by atoms with E-state index in [-0.39, 0.29) is 17.9 Å². The van der Waals surface area contributed by atoms with Crippen molar-refractivity contribution in [2.24, 2.45) is 5.73 Å². The highest BCUT2D eigenvalue weighted by molar-refractivity contribution is 5.95. The summed E-state index contributed by atoms with van der Waals surface area (Å²) in [5.74, 6) is 0.325. The van der Waals surface area contributed by atoms with Gasteiger partial charge in [0.25, 0.3) is 0 Å². The first-order valence-electron chi connectivity index (χ1n) is 8.06. The maximum atomic E-state index is 12.3. The van der Waals surface area contributed by atoms with Gasteiger partial charge in [0.05, 0.1) is 6.42 Å². The zero-order chi connectivity index (χ0) is 15.5. The van der Waals surface area contributed by atoms with Crippen LogP contribution >= 0.6 is 0 Å². The monoisotopic (exact) mass is 301 g/mol. The second-order valence-electron chi connectivity index (χ2n) is 6.23. The van der Waals surface area contributed by atoms with Crippen LogP contribution < -0.4 is 10.6 Å². The number of nitrogens with two attached hydrogens (primary N) is 1. The first-order chi connectivity index (χ1) is 10.6. The van der Waals surface area contributed by atoms with Gasteiger partial charge in [0.1, 0.15) is 0 Å². The quantitative estimate of drug-likeness (QED) is 0.915. The van der Waals surface area contributed by atoms with Gasteiger partial charge in [0.15, 0.2) is 0 Å². The fourth-order valence-electron chi connectivity index (χ4n) is 3.24. The largest absolute Gasteiger partial charge is 0.341 e. The molecule has 0 spiro atoms. The number of carbonyl (C=O) groups excluding carboxylic acids is 2. The molecule has 0 aliphatic carbocycles. The summed E-state index contributed by atoms with van der Waals surface area (Å²) in [6, 6.07) is 7.88. The molecule has 5 heteroatoms. The van der Waals surface area contributed by atoms with Crippen molar-refractivity contribution >= 4 is 17.5 Å². The fraction of sp³-hybridized carbons (Fsp3) is 0.529. The van der Waals surface area contributed by atoms with Crippen molar-refractivity contribution in [3.63, 3.8) is 0 Å². The Morgan fingerprint density at radius 1 is 1.18 bits per heavy atom. The number of hydrogen-bond acceptors (Lipinski definition) is 3. The number of likely N-dealkylation sites (tertiary alicyclic amines) is 1. The molecule has 3 rings (SSSR count). The van der Waals surface area contributed by atoms with Gasteiger partial charge in [0.2, 0.25) is 11.8 Å². The molecule has 0 saturated carbocycles. The highest BCUT2D eigenvalue weighted by atomic mass is 16.2. The average molecular weight is 301 g/mol. The first kappa shape index (κ1) is 15.0. The maximum Gasteiger partial charge on any atom is 0.227 e. The second kappa shape index (κ2) is 6.48. The lowest BCUT2D eigenvalue weighted by atomic mass is 10.0. The van der Waals surface area contributed by atoms with Gasteiger partial charge in [0, 0.05) is 37.8 Å². The summed E-state index contributed by atoms with van der Waals surface area (Å²) in [6.45, 7) is 2.27. The van der Waals surface area contributed by atoms with Gasteiger partial charge < -0.3 is 15.5 Å². The normalized spacial score (nSPS) is 22.2. The summed E-state index contributed by atoms with van der Waals surface area (Å²) in [4.78, 5) is 27.7. The molecule has 2 saturated heterocycles. The van der Waals surface area contributed by atoms with E-state index in [4.69, 9.17) is 5.73 Å². The van der Waals surface area contributed by atoms with Crippen molar-refractivity contribution in [2.75, 3.05) is 24.5 Å². The Bertz CT molecular complexity index is 556. The van der Waals surface area contributed by atoms with E-state index in [1.165, 1.54) is 0 Å². The topological polar surface area (TPSA) is 66.6 Å². The van der Waals surface area contributed by atoms with Crippen molar-refractivity contribution in [1.29, 1.82) is 0 Å². The molecule has 0 aromatic heterocycles. The summed E-state index contributed by atoms with van der Waals surface area (Å²) in [7, 11) is 0. The summed E-state index contributed by atoms with van der Waals surface area (Å²) >= 11 is 0. The predicted molar refractivity (Wildman–Crippen MR) is 85.5 cm³/mol. The van der Waals surface area contributed by atoms with Crippen LogP contribution in [0.5, 0.6) is 0 Å². The van der Waals surface area contributed by atoms with E-state index < -0.39 is 0 Å². The van der Waals surface area contributed by atoms with Crippen LogP contribution in [0.25, 0.3) is 0 Å². The third-order valence-electron chi connectivity index (χ3n) is 4.49. The number of rotatable bonds is 3. The van der Waals surface area contributed by atoms with Crippen LogP contribution in [0.3, 0.4) is 0 Å². The van der Waals surface area contributed by atoms with E-state index in [0.717, 1.165) is 43.6 Å². The van der Waals surface area contributed by atoms with E-state index in [1.54, 1.807) is 0 Å². The zero-order valence-electron chi connectivity index (χ0n) is 12.8. The second-order valence-corrected chi connectivity index (χ2v) is 6.23. The molecule has 1 aromatic rings. The van der Waals surface area contributed by atoms with Crippen molar-refractivity contribution in [1.82, 2.24) is 4.90 Å². The van der Waals surface area contributed by atoms with Gasteiger partial charge in [-0.15, -0.1) is 0 Å². The molecular formula is C17H23N3O2. The molecular weight excluding hydrogens is 278 g/mol. The lowest BCUT2D eigenvalue weighted by Crippen LogP contribution is -2.46. The van der Waals surface area contributed by atoms with Crippen LogP contribution in [-0.2, 0) is 16.0 Å². The Labute approximate surface area is 131 Å². The van der Waals surface area contributed by atoms with Crippen molar-refractivity contribution in [2.45, 2.75) is 38.1 Å². The minimum atomic E-state index is 0.112. The molecule has 0 bridgehead atoms. The molecule has 2 amide bonds. The molecule has 2 heterocycles. The lowest BCUT2D eigenvalue weighted by molar-refractivity contribution is -0.131. The van der Waals surface area contributed by atoms with Crippen LogP contribution in [0, 0.1) is 0 Å². The van der Waals surface area contributed by atoms with E-state index >= 15 is 0 Å². The summed E-state index contributed by atoms with van der Waals surface area (Å²) in [6.07, 6.45) is 3.95. The summed E-state index contributed by atoms with van der Waals surface area (Å²) in [5, 5.41) is 0. The molecule has 1 aromatic carbocycles. The molecule has 118 valence electrons. The minimum absolute atomic E-state index is 0.112. The summed E-state index contributed by atoms with van der Waals surface area (Å²) < 4.78 is 0. The number of amides is 2. The Balaban J connectivity index is 1.61. The minimum Gasteiger partial charge on any atom is -0.341 e. The summed E-state index contributed by atoms with van der Waals surface area (Å²) in [5.41, 5.74) is 7.84. The van der Waals surface area contributed by atoms with Crippen LogP contribution in [0.1, 0.15) is 31.2 Å². The number of anilines is 1. The molecule has 2 aliphatic rings. The number of piperidine rings is 1. The van der Waals surface area contributed by atoms with Gasteiger partial charge in [-0.05, 0) is 37.0 Å². The van der Waals surface area contributed by atoms with Gasteiger partial charge >= 0.3 is 0 Å². The number of carbonyl (C=O) groups is 2. The molecule has 2 fully saturated rings. The van der Waals surface area contributed by atoms with E-state index in [2.05, 4.69) is 0 Å². The van der Waals surface area contributed by atoms with Gasteiger partial charge in [-0.2, -0.15) is 0 Å². The van der Waals surface area contributed by atoms with Gasteiger partial charge in [-0.1, -0.05) is 12.1 Å². The zero-order valence-corrected chi connectivity index (χ0v) is 12.8. The average Bonchev–Trinajstić information content (AvgIpc) is 2.94. The Hall–Kier alpha value is -1.88. The van der Waals surface area contributed by atoms with Crippen LogP contribution in [0.2, 0.25) is 0 Å². The molecule has 0 radical (unpaired) electrons. The molecule has 1 atom stereocenters. The maximum absolute atomic E-state index is 12.3. The van der Waals surface area contributed by atoms with E-state index in [9.17, 15) is 9.59 Å². The third-order valence-corrected chi connectivity index (χ3v) is 4.49. The standard InChI is InChI=1S/C17H23N3O2/c18-14-3-1-9-19(12-14)17(22)11-13-5-7-15(8-6-13)20-10-2-4-16(20)21/h5-8,14H,1-4,9-12,18H2. The Morgan fingerprint density at radius 2 is 1.95 bits per heavy atom. The molecule has 1 unspecified atom stereocenters. The van der Waals surface area contributed by atoms with Gasteiger partial charge in [-0.3, -0.25) is 9.59 Å². The third kappa shape index (κ3) is 3.30. The molecule has 2 N–H and O–H groups in total. The lowest BCUT2D eigenvalue weighted by Gasteiger charge is -2.30. The van der Waals surface area contributed by atoms with Gasteiger partial charge in [-0.25, -0.2) is 0 Å². The smallest absolute Gasteiger partial charge is 0.227 e. The highest BCUT2D eigenvalue weighted by Crippen LogP contribution is 2.22. The molecule has 5 nitrogen and oxygen atoms in total. The highest BCUT2D eigenvalue weighted by Gasteiger charge is 2.23. The van der Waals surface area contributed by atoms with Crippen molar-refractivity contribution in [3.8, 4) is 0 Å². The van der Waals surface area contributed by atoms with Crippen LogP contribution in [0.4, 0.5) is 5.69 Å². The predicted octanol–water partition coefficient (Wildman–Crippen LogP) is 1.31. The van der Waals surface area contributed by atoms with Crippen LogP contribution in [-0.4, -0.2) is 42.4 Å². The SMILES string of the molecule is NC1CCCN(C(=O)Cc2ccc(N3CCCC3=O)cc2)C1. The first-order valence-corrected chi connectivity index (χ1v) is 8.06. The van der Waals surface area contributed by atoms with Crippen LogP contribution in [0.15, 0.2) is 24.3 Å².